The van der Waals surface area contributed by atoms with Gasteiger partial charge < -0.3 is 0 Å². The Hall–Kier alpha value is -4.04. The Balaban J connectivity index is 1.61. The highest BCUT2D eigenvalue weighted by Crippen LogP contribution is 2.28. The molecule has 1 aliphatic rings. The molecule has 172 valence electrons. The molecule has 4 aromatic rings. The molecule has 5 rings (SSSR count). The van der Waals surface area contributed by atoms with Gasteiger partial charge in [-0.1, -0.05) is 102 Å². The lowest BCUT2D eigenvalue weighted by molar-refractivity contribution is 1.00. The third-order valence-electron chi connectivity index (χ3n) is 6.45. The Morgan fingerprint density at radius 2 is 1.03 bits per heavy atom. The zero-order valence-electron chi connectivity index (χ0n) is 20.6. The minimum Gasteiger partial charge on any atom is -0.232 e. The van der Waals surface area contributed by atoms with Gasteiger partial charge in [-0.05, 0) is 68.0 Å². The van der Waals surface area contributed by atoms with E-state index in [2.05, 4.69) is 118 Å². The van der Waals surface area contributed by atoms with Gasteiger partial charge in [0.25, 0.3) is 0 Å². The molecule has 1 aliphatic heterocycles. The van der Waals surface area contributed by atoms with Crippen molar-refractivity contribution < 1.29 is 0 Å². The minimum atomic E-state index is 0.775. The molecule has 0 atom stereocenters. The van der Waals surface area contributed by atoms with E-state index in [4.69, 9.17) is 9.98 Å². The topological polar surface area (TPSA) is 24.7 Å². The maximum absolute atomic E-state index is 5.20. The maximum Gasteiger partial charge on any atom is 0.160 e. The molecule has 0 N–H and O–H groups in total. The van der Waals surface area contributed by atoms with Crippen LogP contribution < -0.4 is 0 Å². The summed E-state index contributed by atoms with van der Waals surface area (Å²) in [7, 11) is 0. The van der Waals surface area contributed by atoms with Crippen molar-refractivity contribution >= 4 is 17.2 Å². The van der Waals surface area contributed by atoms with Crippen LogP contribution in [0.15, 0.2) is 119 Å². The molecular formula is C33H30N2. The normalized spacial score (nSPS) is 19.2. The van der Waals surface area contributed by atoms with E-state index in [1.807, 2.05) is 6.07 Å². The van der Waals surface area contributed by atoms with Crippen LogP contribution in [0.5, 0.6) is 0 Å². The van der Waals surface area contributed by atoms with Crippen molar-refractivity contribution in [1.29, 1.82) is 0 Å². The summed E-state index contributed by atoms with van der Waals surface area (Å²) in [5, 5.41) is 0. The van der Waals surface area contributed by atoms with Crippen molar-refractivity contribution in [3.63, 3.8) is 0 Å². The molecule has 0 spiro atoms. The van der Waals surface area contributed by atoms with Gasteiger partial charge in [0, 0.05) is 11.1 Å². The minimum absolute atomic E-state index is 0.775. The Morgan fingerprint density at radius 3 is 1.66 bits per heavy atom. The lowest BCUT2D eigenvalue weighted by Crippen LogP contribution is -2.11. The van der Waals surface area contributed by atoms with Crippen LogP contribution in [0.2, 0.25) is 0 Å². The molecule has 1 heterocycles. The van der Waals surface area contributed by atoms with Gasteiger partial charge in [0.15, 0.2) is 5.84 Å². The Morgan fingerprint density at radius 1 is 0.486 bits per heavy atom. The summed E-state index contributed by atoms with van der Waals surface area (Å²) in [4.78, 5) is 10.4. The first kappa shape index (κ1) is 22.7. The summed E-state index contributed by atoms with van der Waals surface area (Å²) in [6.45, 7) is 6.46. The predicted molar refractivity (Wildman–Crippen MR) is 149 cm³/mol. The fourth-order valence-corrected chi connectivity index (χ4v) is 4.67. The smallest absolute Gasteiger partial charge is 0.160 e. The van der Waals surface area contributed by atoms with Crippen LogP contribution in [-0.2, 0) is 0 Å². The van der Waals surface area contributed by atoms with E-state index in [1.165, 1.54) is 27.8 Å². The Bertz CT molecular complexity index is 1400. The Kier molecular flexibility index (Phi) is 6.54. The van der Waals surface area contributed by atoms with E-state index in [9.17, 15) is 0 Å². The van der Waals surface area contributed by atoms with Crippen LogP contribution in [0.1, 0.15) is 47.6 Å². The number of hydrogen-bond acceptors (Lipinski definition) is 2. The average Bonchev–Trinajstić information content (AvgIpc) is 2.87. The zero-order valence-corrected chi connectivity index (χ0v) is 20.6. The van der Waals surface area contributed by atoms with Crippen molar-refractivity contribution in [3.05, 3.63) is 137 Å². The second kappa shape index (κ2) is 10.1. The largest absolute Gasteiger partial charge is 0.232 e. The molecule has 0 saturated carbocycles. The summed E-state index contributed by atoms with van der Waals surface area (Å²) in [5.74, 6) is 0.775. The summed E-state index contributed by atoms with van der Waals surface area (Å²) < 4.78 is 0. The van der Waals surface area contributed by atoms with Gasteiger partial charge in [-0.3, -0.25) is 0 Å². The van der Waals surface area contributed by atoms with Crippen molar-refractivity contribution in [3.8, 4) is 11.1 Å². The van der Waals surface area contributed by atoms with E-state index >= 15 is 0 Å². The van der Waals surface area contributed by atoms with Crippen molar-refractivity contribution in [2.45, 2.75) is 33.6 Å². The molecule has 4 aromatic carbocycles. The van der Waals surface area contributed by atoms with Gasteiger partial charge in [0.05, 0.1) is 11.4 Å². The molecule has 35 heavy (non-hydrogen) atoms. The first-order valence-electron chi connectivity index (χ1n) is 12.2. The molecule has 2 nitrogen and oxygen atoms in total. The van der Waals surface area contributed by atoms with E-state index < -0.39 is 0 Å². The van der Waals surface area contributed by atoms with E-state index in [-0.39, 0.29) is 0 Å². The molecule has 0 bridgehead atoms. The molecule has 0 aromatic heterocycles. The zero-order chi connectivity index (χ0) is 24.2. The SMILES string of the molecule is C\C1=C(c2ccccc2)/N=C(c2cc(C)cc(C)c2)\N=C(\c2ccc(-c3ccccc3)cc2)CC1. The van der Waals surface area contributed by atoms with E-state index in [0.717, 1.165) is 46.8 Å². The predicted octanol–water partition coefficient (Wildman–Crippen LogP) is 8.43. The number of nitrogens with zero attached hydrogens (tertiary/aromatic N) is 2. The first-order chi connectivity index (χ1) is 17.1. The van der Waals surface area contributed by atoms with Crippen molar-refractivity contribution in [2.24, 2.45) is 9.98 Å². The number of amidine groups is 1. The third kappa shape index (κ3) is 5.22. The highest BCUT2D eigenvalue weighted by molar-refractivity contribution is 6.14. The second-order valence-electron chi connectivity index (χ2n) is 9.31. The quantitative estimate of drug-likeness (QED) is 0.296. The third-order valence-corrected chi connectivity index (χ3v) is 6.45. The highest BCUT2D eigenvalue weighted by Gasteiger charge is 2.16. The molecule has 0 aliphatic carbocycles. The van der Waals surface area contributed by atoms with E-state index in [1.54, 1.807) is 0 Å². The van der Waals surface area contributed by atoms with Gasteiger partial charge in [-0.2, -0.15) is 0 Å². The lowest BCUT2D eigenvalue weighted by Gasteiger charge is -2.17. The van der Waals surface area contributed by atoms with Crippen LogP contribution in [0.3, 0.4) is 0 Å². The van der Waals surface area contributed by atoms with Crippen molar-refractivity contribution in [1.82, 2.24) is 0 Å². The highest BCUT2D eigenvalue weighted by atomic mass is 14.9. The van der Waals surface area contributed by atoms with Crippen LogP contribution in [0.25, 0.3) is 16.8 Å². The van der Waals surface area contributed by atoms with Crippen LogP contribution in [-0.4, -0.2) is 11.5 Å². The van der Waals surface area contributed by atoms with Gasteiger partial charge in [0.2, 0.25) is 0 Å². The number of rotatable bonds is 4. The fourth-order valence-electron chi connectivity index (χ4n) is 4.67. The number of hydrogen-bond donors (Lipinski definition) is 0. The average molecular weight is 455 g/mol. The summed E-state index contributed by atoms with van der Waals surface area (Å²) >= 11 is 0. The number of allylic oxidation sites excluding steroid dienone is 1. The first-order valence-corrected chi connectivity index (χ1v) is 12.2. The van der Waals surface area contributed by atoms with Gasteiger partial charge in [0.1, 0.15) is 0 Å². The standard InChI is InChI=1S/C33H30N2/c1-23-20-24(2)22-30(21-23)33-34-31(19-14-25(3)32(35-33)29-12-8-5-9-13-29)28-17-15-27(16-18-28)26-10-6-4-7-11-26/h4-13,15-18,20-22H,14,19H2,1-3H3/b32-25+,34-31+,35-33-. The summed E-state index contributed by atoms with van der Waals surface area (Å²) in [5.41, 5.74) is 11.6. The number of benzene rings is 4. The second-order valence-corrected chi connectivity index (χ2v) is 9.31. The van der Waals surface area contributed by atoms with Crippen molar-refractivity contribution in [2.75, 3.05) is 0 Å². The molecule has 2 heteroatoms. The van der Waals surface area contributed by atoms with Gasteiger partial charge in [-0.15, -0.1) is 0 Å². The van der Waals surface area contributed by atoms with E-state index in [0.29, 0.717) is 0 Å². The van der Waals surface area contributed by atoms with Gasteiger partial charge in [-0.25, -0.2) is 9.98 Å². The number of aliphatic imine (C=N–C) groups is 2. The monoisotopic (exact) mass is 454 g/mol. The lowest BCUT2D eigenvalue weighted by atomic mass is 9.96. The Labute approximate surface area is 208 Å². The van der Waals surface area contributed by atoms with Crippen LogP contribution in [0.4, 0.5) is 0 Å². The van der Waals surface area contributed by atoms with Crippen LogP contribution in [0, 0.1) is 13.8 Å². The summed E-state index contributed by atoms with van der Waals surface area (Å²) in [6, 6.07) is 36.3. The van der Waals surface area contributed by atoms with Gasteiger partial charge >= 0.3 is 0 Å². The molecule has 0 fully saturated rings. The summed E-state index contributed by atoms with van der Waals surface area (Å²) in [6.07, 6.45) is 1.80. The molecular weight excluding hydrogens is 424 g/mol. The molecule has 0 amide bonds. The maximum atomic E-state index is 5.20. The van der Waals surface area contributed by atoms with Crippen LogP contribution >= 0.6 is 0 Å². The molecule has 0 unspecified atom stereocenters. The molecule has 0 radical (unpaired) electrons. The fraction of sp³-hybridized carbons (Fsp3) is 0.152. The number of aryl methyl sites for hydroxylation is 2. The molecule has 0 saturated heterocycles.